The largest absolute Gasteiger partial charge is 0.399 e. The number of nitrogens with zero attached hydrogens (tertiary/aromatic N) is 2. The van der Waals surface area contributed by atoms with Gasteiger partial charge in [-0.25, -0.2) is 8.78 Å². The third-order valence-corrected chi connectivity index (χ3v) is 7.33. The van der Waals surface area contributed by atoms with Crippen molar-refractivity contribution in [3.8, 4) is 0 Å². The lowest BCUT2D eigenvalue weighted by molar-refractivity contribution is 0.501. The van der Waals surface area contributed by atoms with Crippen molar-refractivity contribution in [1.82, 2.24) is 0 Å². The average Bonchev–Trinajstić information content (AvgIpc) is 2.85. The van der Waals surface area contributed by atoms with E-state index in [1.807, 2.05) is 24.3 Å². The highest BCUT2D eigenvalue weighted by Crippen LogP contribution is 2.35. The van der Waals surface area contributed by atoms with Gasteiger partial charge in [0, 0.05) is 43.2 Å². The topological polar surface area (TPSA) is 32.5 Å². The molecule has 0 aromatic heterocycles. The summed E-state index contributed by atoms with van der Waals surface area (Å²) >= 11 is 0. The number of halogens is 2. The molecular weight excluding hydrogens is 416 g/mol. The van der Waals surface area contributed by atoms with Gasteiger partial charge in [0.25, 0.3) is 0 Å². The van der Waals surface area contributed by atoms with Crippen molar-refractivity contribution >= 4 is 17.1 Å². The van der Waals surface area contributed by atoms with E-state index in [1.54, 1.807) is 24.3 Å². The molecule has 0 atom stereocenters. The number of anilines is 3. The zero-order valence-corrected chi connectivity index (χ0v) is 18.9. The van der Waals surface area contributed by atoms with Gasteiger partial charge in [0.1, 0.15) is 11.6 Å². The Morgan fingerprint density at radius 3 is 1.30 bits per heavy atom. The first kappa shape index (κ1) is 21.7. The predicted octanol–water partition coefficient (Wildman–Crippen LogP) is 6.32. The van der Waals surface area contributed by atoms with Gasteiger partial charge < -0.3 is 15.5 Å². The zero-order valence-electron chi connectivity index (χ0n) is 18.9. The van der Waals surface area contributed by atoms with Crippen molar-refractivity contribution < 1.29 is 8.78 Å². The van der Waals surface area contributed by atoms with Gasteiger partial charge in [0.15, 0.2) is 0 Å². The van der Waals surface area contributed by atoms with E-state index < -0.39 is 0 Å². The second kappa shape index (κ2) is 9.42. The Morgan fingerprint density at radius 2 is 0.939 bits per heavy atom. The molecule has 0 spiro atoms. The van der Waals surface area contributed by atoms with Crippen molar-refractivity contribution in [3.63, 3.8) is 0 Å². The third kappa shape index (κ3) is 4.97. The van der Waals surface area contributed by atoms with Crippen LogP contribution >= 0.6 is 0 Å². The highest BCUT2D eigenvalue weighted by molar-refractivity contribution is 5.68. The molecule has 5 heteroatoms. The van der Waals surface area contributed by atoms with Gasteiger partial charge in [0.2, 0.25) is 0 Å². The molecule has 2 aliphatic heterocycles. The minimum absolute atomic E-state index is 0.176. The first-order valence-electron chi connectivity index (χ1n) is 12.0. The first-order valence-corrected chi connectivity index (χ1v) is 12.0. The fraction of sp³-hybridized carbons (Fsp3) is 0.357. The number of piperidine rings is 2. The van der Waals surface area contributed by atoms with Crippen LogP contribution in [0.25, 0.3) is 0 Å². The highest BCUT2D eigenvalue weighted by Gasteiger charge is 2.24. The maximum atomic E-state index is 13.3. The molecule has 2 fully saturated rings. The molecule has 3 aromatic carbocycles. The molecule has 0 unspecified atom stereocenters. The van der Waals surface area contributed by atoms with E-state index in [0.717, 1.165) is 57.5 Å². The van der Waals surface area contributed by atoms with E-state index in [4.69, 9.17) is 5.73 Å². The van der Waals surface area contributed by atoms with Crippen molar-refractivity contribution in [2.75, 3.05) is 41.7 Å². The van der Waals surface area contributed by atoms with Crippen LogP contribution in [0.1, 0.15) is 48.6 Å². The lowest BCUT2D eigenvalue weighted by Crippen LogP contribution is -2.34. The Hall–Kier alpha value is -3.08. The summed E-state index contributed by atoms with van der Waals surface area (Å²) < 4.78 is 26.5. The van der Waals surface area contributed by atoms with E-state index in [1.165, 1.54) is 22.5 Å². The van der Waals surface area contributed by atoms with Crippen LogP contribution in [-0.2, 0) is 0 Å². The van der Waals surface area contributed by atoms with E-state index in [2.05, 4.69) is 28.0 Å². The van der Waals surface area contributed by atoms with E-state index >= 15 is 0 Å². The van der Waals surface area contributed by atoms with Crippen LogP contribution in [0.15, 0.2) is 66.7 Å². The van der Waals surface area contributed by atoms with Crippen LogP contribution in [-0.4, -0.2) is 26.2 Å². The van der Waals surface area contributed by atoms with Crippen LogP contribution in [0.3, 0.4) is 0 Å². The van der Waals surface area contributed by atoms with Gasteiger partial charge in [-0.15, -0.1) is 0 Å². The molecular formula is C28H31F2N3. The van der Waals surface area contributed by atoms with Crippen molar-refractivity contribution in [3.05, 3.63) is 89.5 Å². The molecule has 0 amide bonds. The average molecular weight is 448 g/mol. The Morgan fingerprint density at radius 1 is 0.576 bits per heavy atom. The third-order valence-electron chi connectivity index (χ3n) is 7.33. The highest BCUT2D eigenvalue weighted by atomic mass is 19.1. The monoisotopic (exact) mass is 447 g/mol. The van der Waals surface area contributed by atoms with Gasteiger partial charge in [-0.05, 0) is 91.1 Å². The zero-order chi connectivity index (χ0) is 22.8. The number of benzene rings is 3. The summed E-state index contributed by atoms with van der Waals surface area (Å²) in [5, 5.41) is 0. The second-order valence-corrected chi connectivity index (χ2v) is 9.41. The fourth-order valence-electron chi connectivity index (χ4n) is 5.40. The molecule has 3 nitrogen and oxygen atoms in total. The molecule has 172 valence electrons. The summed E-state index contributed by atoms with van der Waals surface area (Å²) in [6.07, 6.45) is 4.22. The van der Waals surface area contributed by atoms with Crippen molar-refractivity contribution in [1.29, 1.82) is 0 Å². The molecule has 2 heterocycles. The maximum Gasteiger partial charge on any atom is 0.123 e. The van der Waals surface area contributed by atoms with Crippen LogP contribution < -0.4 is 15.5 Å². The Bertz CT molecular complexity index is 982. The molecule has 2 saturated heterocycles. The number of rotatable bonds is 4. The standard InChI is InChI=1S/C28H31F2N3/c29-24-5-1-20(2-6-24)22-9-13-32(14-10-22)27-17-26(31)18-28(19-27)33-15-11-23(12-16-33)21-3-7-25(30)8-4-21/h1-8,17-19,22-23H,9-16,31H2. The molecule has 3 aromatic rings. The lowest BCUT2D eigenvalue weighted by atomic mass is 9.89. The molecule has 0 saturated carbocycles. The van der Waals surface area contributed by atoms with Crippen molar-refractivity contribution in [2.24, 2.45) is 0 Å². The van der Waals surface area contributed by atoms with Crippen LogP contribution in [0.4, 0.5) is 25.8 Å². The van der Waals surface area contributed by atoms with Gasteiger partial charge in [-0.2, -0.15) is 0 Å². The second-order valence-electron chi connectivity index (χ2n) is 9.41. The minimum atomic E-state index is -0.176. The summed E-state index contributed by atoms with van der Waals surface area (Å²) in [6.45, 7) is 3.88. The Kier molecular flexibility index (Phi) is 6.21. The molecule has 33 heavy (non-hydrogen) atoms. The predicted molar refractivity (Wildman–Crippen MR) is 132 cm³/mol. The summed E-state index contributed by atoms with van der Waals surface area (Å²) in [7, 11) is 0. The van der Waals surface area contributed by atoms with E-state index in [9.17, 15) is 8.78 Å². The molecule has 0 aliphatic carbocycles. The normalized spacial score (nSPS) is 18.0. The van der Waals surface area contributed by atoms with Crippen LogP contribution in [0.5, 0.6) is 0 Å². The smallest absolute Gasteiger partial charge is 0.123 e. The summed E-state index contributed by atoms with van der Waals surface area (Å²) in [6, 6.07) is 20.3. The molecule has 0 bridgehead atoms. The summed E-state index contributed by atoms with van der Waals surface area (Å²) in [5.74, 6) is 0.607. The van der Waals surface area contributed by atoms with Gasteiger partial charge in [0.05, 0.1) is 0 Å². The van der Waals surface area contributed by atoms with Gasteiger partial charge >= 0.3 is 0 Å². The molecule has 5 rings (SSSR count). The quantitative estimate of drug-likeness (QED) is 0.476. The van der Waals surface area contributed by atoms with Gasteiger partial charge in [-0.3, -0.25) is 0 Å². The SMILES string of the molecule is Nc1cc(N2CCC(c3ccc(F)cc3)CC2)cc(N2CCC(c3ccc(F)cc3)CC2)c1. The van der Waals surface area contributed by atoms with E-state index in [0.29, 0.717) is 11.8 Å². The van der Waals surface area contributed by atoms with Crippen molar-refractivity contribution in [2.45, 2.75) is 37.5 Å². The summed E-state index contributed by atoms with van der Waals surface area (Å²) in [5.41, 5.74) is 11.9. The lowest BCUT2D eigenvalue weighted by Gasteiger charge is -2.36. The number of hydrogen-bond acceptors (Lipinski definition) is 3. The van der Waals surface area contributed by atoms with Crippen LogP contribution in [0, 0.1) is 11.6 Å². The number of nitrogens with two attached hydrogens (primary N) is 1. The minimum Gasteiger partial charge on any atom is -0.399 e. The maximum absolute atomic E-state index is 13.3. The number of nitrogen functional groups attached to an aromatic ring is 1. The van der Waals surface area contributed by atoms with Gasteiger partial charge in [-0.1, -0.05) is 24.3 Å². The first-order chi connectivity index (χ1) is 16.0. The number of hydrogen-bond donors (Lipinski definition) is 1. The fourth-order valence-corrected chi connectivity index (χ4v) is 5.40. The Balaban J connectivity index is 1.23. The molecule has 2 N–H and O–H groups in total. The van der Waals surface area contributed by atoms with E-state index in [-0.39, 0.29) is 11.6 Å². The molecule has 0 radical (unpaired) electrons. The summed E-state index contributed by atoms with van der Waals surface area (Å²) in [4.78, 5) is 4.84. The van der Waals surface area contributed by atoms with Crippen LogP contribution in [0.2, 0.25) is 0 Å². The Labute approximate surface area is 194 Å². The molecule has 2 aliphatic rings.